The molecule has 0 amide bonds. The standard InChI is InChI=1S/C14H22ClN5/c1-4-6-8-11(7-5-2)18-13-10(3)12(15)19-14-16-9-17-20(13)14/h9,11,18H,4-8H2,1-3H3. The van der Waals surface area contributed by atoms with Crippen LogP contribution in [0.5, 0.6) is 0 Å². The second-order valence-corrected chi connectivity index (χ2v) is 5.48. The molecule has 2 heterocycles. The zero-order chi connectivity index (χ0) is 14.5. The molecule has 2 aromatic heterocycles. The van der Waals surface area contributed by atoms with Gasteiger partial charge in [0.2, 0.25) is 0 Å². The number of anilines is 1. The van der Waals surface area contributed by atoms with Gasteiger partial charge in [-0.1, -0.05) is 44.7 Å². The number of rotatable bonds is 7. The van der Waals surface area contributed by atoms with Crippen LogP contribution in [0, 0.1) is 6.92 Å². The molecule has 20 heavy (non-hydrogen) atoms. The summed E-state index contributed by atoms with van der Waals surface area (Å²) in [5.74, 6) is 1.45. The molecule has 6 heteroatoms. The van der Waals surface area contributed by atoms with Gasteiger partial charge in [0, 0.05) is 11.6 Å². The lowest BCUT2D eigenvalue weighted by molar-refractivity contribution is 0.560. The smallest absolute Gasteiger partial charge is 0.255 e. The van der Waals surface area contributed by atoms with Crippen LogP contribution in [0.25, 0.3) is 5.78 Å². The van der Waals surface area contributed by atoms with Crippen LogP contribution >= 0.6 is 11.6 Å². The van der Waals surface area contributed by atoms with Crippen LogP contribution < -0.4 is 5.32 Å². The maximum absolute atomic E-state index is 6.18. The predicted molar refractivity (Wildman–Crippen MR) is 82.4 cm³/mol. The Morgan fingerprint density at radius 2 is 2.10 bits per heavy atom. The molecule has 0 aliphatic heterocycles. The van der Waals surface area contributed by atoms with Gasteiger partial charge in [-0.2, -0.15) is 19.6 Å². The highest BCUT2D eigenvalue weighted by Crippen LogP contribution is 2.24. The fraction of sp³-hybridized carbons (Fsp3) is 0.643. The van der Waals surface area contributed by atoms with Gasteiger partial charge in [0.25, 0.3) is 5.78 Å². The maximum atomic E-state index is 6.18. The minimum Gasteiger partial charge on any atom is -0.367 e. The van der Waals surface area contributed by atoms with E-state index in [1.165, 1.54) is 19.2 Å². The van der Waals surface area contributed by atoms with E-state index in [-0.39, 0.29) is 0 Å². The van der Waals surface area contributed by atoms with Crippen LogP contribution in [-0.4, -0.2) is 25.6 Å². The highest BCUT2D eigenvalue weighted by Gasteiger charge is 2.15. The molecule has 0 aromatic carbocycles. The first-order valence-corrected chi connectivity index (χ1v) is 7.67. The molecule has 0 aliphatic carbocycles. The number of aromatic nitrogens is 4. The van der Waals surface area contributed by atoms with Crippen molar-refractivity contribution in [2.75, 3.05) is 5.32 Å². The molecule has 110 valence electrons. The summed E-state index contributed by atoms with van der Waals surface area (Å²) in [5, 5.41) is 8.31. The molecule has 0 aliphatic rings. The van der Waals surface area contributed by atoms with Crippen molar-refractivity contribution in [3.63, 3.8) is 0 Å². The summed E-state index contributed by atoms with van der Waals surface area (Å²) in [6, 6.07) is 0.435. The molecule has 2 aromatic rings. The van der Waals surface area contributed by atoms with Gasteiger partial charge in [-0.3, -0.25) is 0 Å². The minimum atomic E-state index is 0.435. The first-order valence-electron chi connectivity index (χ1n) is 7.29. The fourth-order valence-electron chi connectivity index (χ4n) is 2.35. The van der Waals surface area contributed by atoms with Crippen molar-refractivity contribution in [1.29, 1.82) is 0 Å². The Hall–Kier alpha value is -1.36. The van der Waals surface area contributed by atoms with E-state index in [0.29, 0.717) is 17.0 Å². The predicted octanol–water partition coefficient (Wildman–Crippen LogP) is 3.86. The van der Waals surface area contributed by atoms with Gasteiger partial charge in [0.05, 0.1) is 0 Å². The summed E-state index contributed by atoms with van der Waals surface area (Å²) in [6.07, 6.45) is 7.37. The average molecular weight is 296 g/mol. The van der Waals surface area contributed by atoms with Crippen LogP contribution in [0.4, 0.5) is 5.82 Å². The SMILES string of the molecule is CCCCC(CCC)Nc1c(C)c(Cl)nc2ncnn12. The van der Waals surface area contributed by atoms with Gasteiger partial charge in [-0.25, -0.2) is 0 Å². The molecule has 0 saturated heterocycles. The topological polar surface area (TPSA) is 55.1 Å². The Morgan fingerprint density at radius 1 is 1.30 bits per heavy atom. The normalized spacial score (nSPS) is 12.8. The largest absolute Gasteiger partial charge is 0.367 e. The Labute approximate surface area is 124 Å². The summed E-state index contributed by atoms with van der Waals surface area (Å²) in [6.45, 7) is 6.38. The van der Waals surface area contributed by atoms with E-state index >= 15 is 0 Å². The van der Waals surface area contributed by atoms with E-state index in [1.807, 2.05) is 6.92 Å². The van der Waals surface area contributed by atoms with E-state index in [0.717, 1.165) is 30.6 Å². The van der Waals surface area contributed by atoms with Crippen molar-refractivity contribution in [3.8, 4) is 0 Å². The van der Waals surface area contributed by atoms with Crippen molar-refractivity contribution < 1.29 is 0 Å². The molecule has 0 bridgehead atoms. The Balaban J connectivity index is 2.30. The number of nitrogens with one attached hydrogen (secondary N) is 1. The van der Waals surface area contributed by atoms with E-state index < -0.39 is 0 Å². The number of hydrogen-bond donors (Lipinski definition) is 1. The third-order valence-electron chi connectivity index (χ3n) is 3.49. The van der Waals surface area contributed by atoms with Crippen molar-refractivity contribution >= 4 is 23.2 Å². The summed E-state index contributed by atoms with van der Waals surface area (Å²) in [4.78, 5) is 8.34. The van der Waals surface area contributed by atoms with Gasteiger partial charge in [0.1, 0.15) is 17.3 Å². The monoisotopic (exact) mass is 295 g/mol. The summed E-state index contributed by atoms with van der Waals surface area (Å²) in [7, 11) is 0. The molecule has 1 atom stereocenters. The maximum Gasteiger partial charge on any atom is 0.255 e. The number of halogens is 1. The summed E-state index contributed by atoms with van der Waals surface area (Å²) in [5.41, 5.74) is 0.919. The molecule has 0 saturated carbocycles. The van der Waals surface area contributed by atoms with Crippen molar-refractivity contribution in [2.24, 2.45) is 0 Å². The van der Waals surface area contributed by atoms with Crippen LogP contribution in [0.2, 0.25) is 5.15 Å². The third kappa shape index (κ3) is 3.20. The van der Waals surface area contributed by atoms with Gasteiger partial charge in [-0.15, -0.1) is 0 Å². The number of unbranched alkanes of at least 4 members (excludes halogenated alkanes) is 1. The lowest BCUT2D eigenvalue weighted by Gasteiger charge is -2.21. The number of fused-ring (bicyclic) bond motifs is 1. The Kier molecular flexibility index (Phi) is 5.17. The summed E-state index contributed by atoms with van der Waals surface area (Å²) < 4.78 is 1.73. The van der Waals surface area contributed by atoms with Crippen molar-refractivity contribution in [2.45, 2.75) is 58.9 Å². The average Bonchev–Trinajstić information content (AvgIpc) is 2.88. The van der Waals surface area contributed by atoms with Crippen LogP contribution in [-0.2, 0) is 0 Å². The Morgan fingerprint density at radius 3 is 2.80 bits per heavy atom. The fourth-order valence-corrected chi connectivity index (χ4v) is 2.51. The molecule has 1 N–H and O–H groups in total. The van der Waals surface area contributed by atoms with Gasteiger partial charge in [-0.05, 0) is 19.8 Å². The number of nitrogens with zero attached hydrogens (tertiary/aromatic N) is 4. The first-order chi connectivity index (χ1) is 9.67. The minimum absolute atomic E-state index is 0.435. The quantitative estimate of drug-likeness (QED) is 0.788. The first kappa shape index (κ1) is 15.0. The zero-order valence-electron chi connectivity index (χ0n) is 12.4. The van der Waals surface area contributed by atoms with E-state index in [9.17, 15) is 0 Å². The van der Waals surface area contributed by atoms with Crippen LogP contribution in [0.15, 0.2) is 6.33 Å². The summed E-state index contributed by atoms with van der Waals surface area (Å²) >= 11 is 6.18. The lowest BCUT2D eigenvalue weighted by atomic mass is 10.1. The second kappa shape index (κ2) is 6.88. The van der Waals surface area contributed by atoms with Crippen molar-refractivity contribution in [1.82, 2.24) is 19.6 Å². The number of hydrogen-bond acceptors (Lipinski definition) is 4. The highest BCUT2D eigenvalue weighted by atomic mass is 35.5. The molecular formula is C14H22ClN5. The van der Waals surface area contributed by atoms with E-state index in [2.05, 4.69) is 34.2 Å². The molecular weight excluding hydrogens is 274 g/mol. The van der Waals surface area contributed by atoms with Crippen molar-refractivity contribution in [3.05, 3.63) is 17.0 Å². The van der Waals surface area contributed by atoms with Gasteiger partial charge in [0.15, 0.2) is 0 Å². The molecule has 0 fully saturated rings. The van der Waals surface area contributed by atoms with Gasteiger partial charge >= 0.3 is 0 Å². The molecule has 1 unspecified atom stereocenters. The van der Waals surface area contributed by atoms with Crippen LogP contribution in [0.3, 0.4) is 0 Å². The third-order valence-corrected chi connectivity index (χ3v) is 3.86. The molecule has 2 rings (SSSR count). The molecule has 0 spiro atoms. The zero-order valence-corrected chi connectivity index (χ0v) is 13.1. The van der Waals surface area contributed by atoms with E-state index in [1.54, 1.807) is 4.52 Å². The second-order valence-electron chi connectivity index (χ2n) is 5.12. The van der Waals surface area contributed by atoms with Gasteiger partial charge < -0.3 is 5.32 Å². The highest BCUT2D eigenvalue weighted by molar-refractivity contribution is 6.30. The Bertz CT molecular complexity index is 566. The molecule has 0 radical (unpaired) electrons. The molecule has 5 nitrogen and oxygen atoms in total. The van der Waals surface area contributed by atoms with E-state index in [4.69, 9.17) is 11.6 Å². The van der Waals surface area contributed by atoms with Crippen LogP contribution in [0.1, 0.15) is 51.5 Å². The lowest BCUT2D eigenvalue weighted by Crippen LogP contribution is -2.22.